The van der Waals surface area contributed by atoms with Crippen LogP contribution in [0, 0.1) is 12.3 Å². The van der Waals surface area contributed by atoms with E-state index in [0.717, 1.165) is 38.8 Å². The molecule has 2 aliphatic rings. The Kier molecular flexibility index (Phi) is 5.90. The molecule has 0 unspecified atom stereocenters. The molecule has 1 aromatic carbocycles. The number of phenolic OH excluding ortho intramolecular Hbond substituents is 1. The molecule has 4 rings (SSSR count). The van der Waals surface area contributed by atoms with Crippen molar-refractivity contribution < 1.29 is 14.9 Å². The maximum atomic E-state index is 10.3. The van der Waals surface area contributed by atoms with Gasteiger partial charge in [-0.3, -0.25) is 0 Å². The number of nitrogens with zero attached hydrogens (tertiary/aromatic N) is 3. The molecule has 0 radical (unpaired) electrons. The van der Waals surface area contributed by atoms with Crippen molar-refractivity contribution in [1.82, 2.24) is 9.97 Å². The quantitative estimate of drug-likeness (QED) is 0.681. The Bertz CT molecular complexity index is 931. The van der Waals surface area contributed by atoms with Crippen LogP contribution in [0.3, 0.4) is 0 Å². The summed E-state index contributed by atoms with van der Waals surface area (Å²) in [6.45, 7) is 3.25. The minimum atomic E-state index is -0.232. The summed E-state index contributed by atoms with van der Waals surface area (Å²) in [5.74, 6) is 0.668. The number of aromatic nitrogens is 2. The van der Waals surface area contributed by atoms with Crippen LogP contribution in [-0.4, -0.2) is 52.5 Å². The number of hydrogen-bond acceptors (Lipinski definition) is 7. The third kappa shape index (κ3) is 3.64. The van der Waals surface area contributed by atoms with Crippen molar-refractivity contribution in [3.8, 4) is 17.0 Å². The molecule has 1 aliphatic heterocycles. The zero-order chi connectivity index (χ0) is 21.5. The summed E-state index contributed by atoms with van der Waals surface area (Å²) in [6, 6.07) is 5.28. The van der Waals surface area contributed by atoms with Crippen LogP contribution in [0.2, 0.25) is 5.02 Å². The molecule has 0 bridgehead atoms. The van der Waals surface area contributed by atoms with Crippen LogP contribution in [-0.2, 0) is 11.3 Å². The second-order valence-corrected chi connectivity index (χ2v) is 8.88. The van der Waals surface area contributed by atoms with E-state index in [0.29, 0.717) is 28.5 Å². The van der Waals surface area contributed by atoms with E-state index in [9.17, 15) is 10.2 Å². The molecule has 7 nitrogen and oxygen atoms in total. The molecule has 1 saturated heterocycles. The lowest BCUT2D eigenvalue weighted by molar-refractivity contribution is 0.0890. The molecule has 2 fully saturated rings. The highest BCUT2D eigenvalue weighted by Gasteiger charge is 2.47. The number of anilines is 1. The summed E-state index contributed by atoms with van der Waals surface area (Å²) in [7, 11) is 1.76. The van der Waals surface area contributed by atoms with E-state index < -0.39 is 0 Å². The van der Waals surface area contributed by atoms with E-state index in [1.54, 1.807) is 25.3 Å². The van der Waals surface area contributed by atoms with Gasteiger partial charge in [-0.05, 0) is 50.2 Å². The van der Waals surface area contributed by atoms with E-state index in [4.69, 9.17) is 27.1 Å². The number of benzene rings is 1. The zero-order valence-electron chi connectivity index (χ0n) is 17.4. The lowest BCUT2D eigenvalue weighted by Crippen LogP contribution is -2.47. The van der Waals surface area contributed by atoms with E-state index >= 15 is 0 Å². The number of methoxy groups -OCH3 is 1. The minimum Gasteiger partial charge on any atom is -0.506 e. The van der Waals surface area contributed by atoms with E-state index in [2.05, 4.69) is 9.88 Å². The molecule has 1 saturated carbocycles. The first-order chi connectivity index (χ1) is 14.4. The van der Waals surface area contributed by atoms with Gasteiger partial charge in [0.05, 0.1) is 29.1 Å². The number of hydrogen-bond donors (Lipinski definition) is 3. The third-order valence-electron chi connectivity index (χ3n) is 6.84. The number of piperidine rings is 1. The smallest absolute Gasteiger partial charge is 0.153 e. The zero-order valence-corrected chi connectivity index (χ0v) is 18.2. The summed E-state index contributed by atoms with van der Waals surface area (Å²) in [4.78, 5) is 11.6. The Balaban J connectivity index is 1.60. The maximum absolute atomic E-state index is 10.3. The van der Waals surface area contributed by atoms with Crippen LogP contribution in [0.25, 0.3) is 11.3 Å². The molecular formula is C22H29ClN4O3. The second kappa shape index (κ2) is 8.30. The van der Waals surface area contributed by atoms with Gasteiger partial charge in [0.15, 0.2) is 5.82 Å². The monoisotopic (exact) mass is 432 g/mol. The Morgan fingerprint density at radius 3 is 2.67 bits per heavy atom. The fourth-order valence-corrected chi connectivity index (χ4v) is 5.18. The first-order valence-electron chi connectivity index (χ1n) is 10.4. The number of ether oxygens (including phenoxy) is 1. The summed E-state index contributed by atoms with van der Waals surface area (Å²) < 4.78 is 5.57. The van der Waals surface area contributed by atoms with Crippen LogP contribution >= 0.6 is 11.6 Å². The Hall–Kier alpha value is -1.93. The van der Waals surface area contributed by atoms with Crippen molar-refractivity contribution in [1.29, 1.82) is 0 Å². The molecule has 1 aromatic heterocycles. The van der Waals surface area contributed by atoms with Crippen molar-refractivity contribution in [2.24, 2.45) is 11.1 Å². The van der Waals surface area contributed by atoms with Crippen molar-refractivity contribution >= 4 is 17.4 Å². The SMILES string of the molecule is CO[C@@H]1C[C@@H](N)C2(CCN(c3nc(C)c(-c4cccc(Cl)c4O)nc3CO)CC2)C1. The minimum absolute atomic E-state index is 0.0314. The molecule has 1 spiro atoms. The molecule has 2 aromatic rings. The highest BCUT2D eigenvalue weighted by molar-refractivity contribution is 6.32. The first kappa shape index (κ1) is 21.3. The summed E-state index contributed by atoms with van der Waals surface area (Å²) in [5.41, 5.74) is 8.81. The van der Waals surface area contributed by atoms with Crippen LogP contribution in [0.5, 0.6) is 5.75 Å². The Morgan fingerprint density at radius 1 is 1.30 bits per heavy atom. The standard InChI is InChI=1S/C22H29ClN4O3/c1-13-19(15-4-3-5-16(23)20(15)29)26-17(12-28)21(25-13)27-8-6-22(7-9-27)11-14(30-2)10-18(22)24/h3-5,14,18,28-29H,6-12,24H2,1-2H3/t14-,18-/m1/s1. The maximum Gasteiger partial charge on any atom is 0.153 e. The predicted molar refractivity (Wildman–Crippen MR) is 117 cm³/mol. The molecule has 162 valence electrons. The number of aryl methyl sites for hydroxylation is 1. The van der Waals surface area contributed by atoms with Crippen molar-refractivity contribution in [2.75, 3.05) is 25.1 Å². The number of nitrogens with two attached hydrogens (primary N) is 1. The van der Waals surface area contributed by atoms with Gasteiger partial charge in [-0.15, -0.1) is 0 Å². The van der Waals surface area contributed by atoms with Crippen LogP contribution in [0.4, 0.5) is 5.82 Å². The summed E-state index contributed by atoms with van der Waals surface area (Å²) in [5, 5.41) is 20.6. The van der Waals surface area contributed by atoms with Crippen LogP contribution < -0.4 is 10.6 Å². The fourth-order valence-electron chi connectivity index (χ4n) is 5.00. The second-order valence-electron chi connectivity index (χ2n) is 8.48. The number of aliphatic hydroxyl groups excluding tert-OH is 1. The lowest BCUT2D eigenvalue weighted by Gasteiger charge is -2.42. The van der Waals surface area contributed by atoms with Gasteiger partial charge in [-0.25, -0.2) is 9.97 Å². The van der Waals surface area contributed by atoms with Gasteiger partial charge >= 0.3 is 0 Å². The predicted octanol–water partition coefficient (Wildman–Crippen LogP) is 3.03. The van der Waals surface area contributed by atoms with E-state index in [1.807, 2.05) is 6.92 Å². The van der Waals surface area contributed by atoms with Gasteiger partial charge in [0.25, 0.3) is 0 Å². The van der Waals surface area contributed by atoms with E-state index in [1.165, 1.54) is 0 Å². The average molecular weight is 433 g/mol. The number of aliphatic hydroxyl groups is 1. The molecule has 1 aliphatic carbocycles. The number of rotatable bonds is 4. The fraction of sp³-hybridized carbons (Fsp3) is 0.545. The summed E-state index contributed by atoms with van der Waals surface area (Å²) >= 11 is 6.06. The highest BCUT2D eigenvalue weighted by Crippen LogP contribution is 2.47. The van der Waals surface area contributed by atoms with Crippen LogP contribution in [0.15, 0.2) is 18.2 Å². The van der Waals surface area contributed by atoms with Gasteiger partial charge in [0, 0.05) is 31.8 Å². The largest absolute Gasteiger partial charge is 0.506 e. The van der Waals surface area contributed by atoms with E-state index in [-0.39, 0.29) is 34.9 Å². The third-order valence-corrected chi connectivity index (χ3v) is 7.15. The molecular weight excluding hydrogens is 404 g/mol. The molecule has 2 heterocycles. The normalized spacial score (nSPS) is 23.3. The van der Waals surface area contributed by atoms with Crippen LogP contribution in [0.1, 0.15) is 37.1 Å². The lowest BCUT2D eigenvalue weighted by atomic mass is 9.74. The van der Waals surface area contributed by atoms with Gasteiger partial charge in [-0.2, -0.15) is 0 Å². The molecule has 30 heavy (non-hydrogen) atoms. The van der Waals surface area contributed by atoms with Gasteiger partial charge in [0.1, 0.15) is 11.4 Å². The number of para-hydroxylation sites is 1. The number of phenols is 1. The average Bonchev–Trinajstić information content (AvgIpc) is 3.06. The first-order valence-corrected chi connectivity index (χ1v) is 10.8. The molecule has 4 N–H and O–H groups in total. The highest BCUT2D eigenvalue weighted by atomic mass is 35.5. The van der Waals surface area contributed by atoms with Gasteiger partial charge < -0.3 is 25.6 Å². The van der Waals surface area contributed by atoms with Crippen molar-refractivity contribution in [2.45, 2.75) is 51.4 Å². The Morgan fingerprint density at radius 2 is 2.03 bits per heavy atom. The molecule has 2 atom stereocenters. The van der Waals surface area contributed by atoms with Crippen molar-refractivity contribution in [3.63, 3.8) is 0 Å². The van der Waals surface area contributed by atoms with Gasteiger partial charge in [0.2, 0.25) is 0 Å². The summed E-state index contributed by atoms with van der Waals surface area (Å²) in [6.07, 6.45) is 4.09. The molecule has 8 heteroatoms. The number of aromatic hydroxyl groups is 1. The van der Waals surface area contributed by atoms with Gasteiger partial charge in [-0.1, -0.05) is 17.7 Å². The number of halogens is 1. The van der Waals surface area contributed by atoms with Crippen molar-refractivity contribution in [3.05, 3.63) is 34.6 Å². The topological polar surface area (TPSA) is 105 Å². The Labute approximate surface area is 181 Å². The molecule has 0 amide bonds.